The molecule has 1 aliphatic carbocycles. The number of hydrogen-bond acceptors (Lipinski definition) is 2. The number of rotatable bonds is 3. The molecule has 0 fully saturated rings. The van der Waals surface area contributed by atoms with E-state index >= 15 is 0 Å². The minimum atomic E-state index is -0.518. The van der Waals surface area contributed by atoms with E-state index in [1.54, 1.807) is 0 Å². The number of nitrogens with zero attached hydrogens (tertiary/aromatic N) is 1. The van der Waals surface area contributed by atoms with Crippen LogP contribution < -0.4 is 9.64 Å². The number of para-hydroxylation sites is 3. The van der Waals surface area contributed by atoms with Crippen molar-refractivity contribution in [2.24, 2.45) is 0 Å². The SMILES string of the molecule is c1ccc(N(c2ccc3c(c2)-c2c(ccc4ccccc24)C32c3ccccc3Oc3ccccc32)c2cccc3ccccc23)cc1. The molecule has 0 bridgehead atoms. The predicted molar refractivity (Wildman–Crippen MR) is 194 cm³/mol. The molecule has 0 amide bonds. The van der Waals surface area contributed by atoms with Gasteiger partial charge in [-0.05, 0) is 80.9 Å². The van der Waals surface area contributed by atoms with Crippen LogP contribution in [-0.2, 0) is 5.41 Å². The van der Waals surface area contributed by atoms with Crippen LogP contribution in [0.4, 0.5) is 17.1 Å². The van der Waals surface area contributed by atoms with Gasteiger partial charge < -0.3 is 9.64 Å². The van der Waals surface area contributed by atoms with E-state index in [2.05, 4.69) is 181 Å². The minimum Gasteiger partial charge on any atom is -0.457 e. The number of benzene rings is 8. The summed E-state index contributed by atoms with van der Waals surface area (Å²) in [6, 6.07) is 63.7. The summed E-state index contributed by atoms with van der Waals surface area (Å²) in [5, 5.41) is 4.94. The van der Waals surface area contributed by atoms with E-state index in [9.17, 15) is 0 Å². The molecule has 1 heterocycles. The quantitative estimate of drug-likeness (QED) is 0.200. The molecular formula is C45H29NO. The van der Waals surface area contributed by atoms with Gasteiger partial charge in [-0.25, -0.2) is 0 Å². The van der Waals surface area contributed by atoms with Gasteiger partial charge in [0.25, 0.3) is 0 Å². The van der Waals surface area contributed by atoms with Crippen LogP contribution in [0.3, 0.4) is 0 Å². The first-order chi connectivity index (χ1) is 23.3. The Morgan fingerprint density at radius 1 is 0.404 bits per heavy atom. The van der Waals surface area contributed by atoms with Crippen LogP contribution in [0.25, 0.3) is 32.7 Å². The van der Waals surface area contributed by atoms with Crippen molar-refractivity contribution in [3.63, 3.8) is 0 Å². The fourth-order valence-corrected chi connectivity index (χ4v) is 8.21. The van der Waals surface area contributed by atoms with E-state index in [0.717, 1.165) is 28.6 Å². The maximum absolute atomic E-state index is 6.59. The fraction of sp³-hybridized carbons (Fsp3) is 0.0222. The van der Waals surface area contributed by atoms with Gasteiger partial charge >= 0.3 is 0 Å². The van der Waals surface area contributed by atoms with Crippen LogP contribution in [0.15, 0.2) is 176 Å². The second kappa shape index (κ2) is 9.94. The Morgan fingerprint density at radius 2 is 1.00 bits per heavy atom. The summed E-state index contributed by atoms with van der Waals surface area (Å²) < 4.78 is 6.59. The van der Waals surface area contributed by atoms with Crippen molar-refractivity contribution in [2.45, 2.75) is 5.41 Å². The van der Waals surface area contributed by atoms with E-state index in [1.807, 2.05) is 0 Å². The summed E-state index contributed by atoms with van der Waals surface area (Å²) in [6.07, 6.45) is 0. The summed E-state index contributed by atoms with van der Waals surface area (Å²) in [6.45, 7) is 0. The monoisotopic (exact) mass is 599 g/mol. The zero-order valence-electron chi connectivity index (χ0n) is 25.6. The van der Waals surface area contributed by atoms with Gasteiger partial charge in [0.15, 0.2) is 0 Å². The summed E-state index contributed by atoms with van der Waals surface area (Å²) in [5.41, 5.74) is 10.3. The third-order valence-electron chi connectivity index (χ3n) is 10.1. The van der Waals surface area contributed by atoms with Gasteiger partial charge in [-0.2, -0.15) is 0 Å². The van der Waals surface area contributed by atoms with Crippen molar-refractivity contribution in [2.75, 3.05) is 4.90 Å². The van der Waals surface area contributed by atoms with Gasteiger partial charge in [0.1, 0.15) is 11.5 Å². The molecule has 2 heteroatoms. The van der Waals surface area contributed by atoms with Crippen LogP contribution in [0.2, 0.25) is 0 Å². The third kappa shape index (κ3) is 3.61. The first kappa shape index (κ1) is 26.1. The van der Waals surface area contributed by atoms with Crippen LogP contribution in [0, 0.1) is 0 Å². The van der Waals surface area contributed by atoms with Crippen molar-refractivity contribution in [1.82, 2.24) is 0 Å². The van der Waals surface area contributed by atoms with E-state index < -0.39 is 5.41 Å². The van der Waals surface area contributed by atoms with Crippen molar-refractivity contribution in [3.8, 4) is 22.6 Å². The Kier molecular flexibility index (Phi) is 5.53. The minimum absolute atomic E-state index is 0.518. The van der Waals surface area contributed by atoms with Gasteiger partial charge in [0.05, 0.1) is 11.1 Å². The smallest absolute Gasteiger partial charge is 0.132 e. The maximum Gasteiger partial charge on any atom is 0.132 e. The van der Waals surface area contributed by atoms with Gasteiger partial charge in [0, 0.05) is 27.9 Å². The number of fused-ring (bicyclic) bond motifs is 12. The first-order valence-corrected chi connectivity index (χ1v) is 16.2. The third-order valence-corrected chi connectivity index (χ3v) is 10.1. The van der Waals surface area contributed by atoms with Gasteiger partial charge in [-0.3, -0.25) is 0 Å². The van der Waals surface area contributed by atoms with Crippen molar-refractivity contribution in [1.29, 1.82) is 0 Å². The normalized spacial score (nSPS) is 13.4. The Hall–Kier alpha value is -6.12. The maximum atomic E-state index is 6.59. The molecule has 0 saturated heterocycles. The Balaban J connectivity index is 1.32. The molecule has 220 valence electrons. The van der Waals surface area contributed by atoms with Gasteiger partial charge in [0.2, 0.25) is 0 Å². The molecule has 1 spiro atoms. The molecule has 8 aromatic carbocycles. The molecule has 0 atom stereocenters. The predicted octanol–water partition coefficient (Wildman–Crippen LogP) is 11.9. The van der Waals surface area contributed by atoms with Gasteiger partial charge in [-0.15, -0.1) is 0 Å². The average molecular weight is 600 g/mol. The topological polar surface area (TPSA) is 12.5 Å². The second-order valence-electron chi connectivity index (χ2n) is 12.5. The highest BCUT2D eigenvalue weighted by Crippen LogP contribution is 2.63. The van der Waals surface area contributed by atoms with Crippen molar-refractivity contribution < 1.29 is 4.74 Å². The summed E-state index contributed by atoms with van der Waals surface area (Å²) in [7, 11) is 0. The van der Waals surface area contributed by atoms with E-state index in [0.29, 0.717) is 0 Å². The van der Waals surface area contributed by atoms with Crippen molar-refractivity contribution in [3.05, 3.63) is 198 Å². The standard InChI is InChI=1S/C45H29NO/c1-2-16-32(17-3-1)46(41-22-12-15-30-13-4-6-18-34(30)41)33-26-28-37-36(29-33)44-35-19-7-5-14-31(35)25-27-40(44)45(37)38-20-8-10-23-42(38)47-43-24-11-9-21-39(43)45/h1-29H. The lowest BCUT2D eigenvalue weighted by Gasteiger charge is -2.39. The largest absolute Gasteiger partial charge is 0.457 e. The van der Waals surface area contributed by atoms with Crippen LogP contribution in [0.1, 0.15) is 22.3 Å². The van der Waals surface area contributed by atoms with Crippen molar-refractivity contribution >= 4 is 38.6 Å². The summed E-state index contributed by atoms with van der Waals surface area (Å²) in [4.78, 5) is 2.41. The molecule has 1 aliphatic heterocycles. The Labute approximate surface area is 273 Å². The summed E-state index contributed by atoms with van der Waals surface area (Å²) >= 11 is 0. The molecule has 10 rings (SSSR count). The van der Waals surface area contributed by atoms with Crippen LogP contribution in [0.5, 0.6) is 11.5 Å². The molecule has 0 unspecified atom stereocenters. The highest BCUT2D eigenvalue weighted by Gasteiger charge is 2.51. The van der Waals surface area contributed by atoms with E-state index in [1.165, 1.54) is 54.9 Å². The number of hydrogen-bond donors (Lipinski definition) is 0. The fourth-order valence-electron chi connectivity index (χ4n) is 8.21. The zero-order chi connectivity index (χ0) is 31.0. The van der Waals surface area contributed by atoms with Crippen LogP contribution in [-0.4, -0.2) is 0 Å². The lowest BCUT2D eigenvalue weighted by atomic mass is 9.66. The molecule has 2 nitrogen and oxygen atoms in total. The molecule has 0 aromatic heterocycles. The molecular weight excluding hydrogens is 571 g/mol. The Morgan fingerprint density at radius 3 is 1.77 bits per heavy atom. The van der Waals surface area contributed by atoms with Gasteiger partial charge in [-0.1, -0.05) is 133 Å². The second-order valence-corrected chi connectivity index (χ2v) is 12.5. The molecule has 0 saturated carbocycles. The molecule has 2 aliphatic rings. The van der Waals surface area contributed by atoms with E-state index in [4.69, 9.17) is 4.74 Å². The highest BCUT2D eigenvalue weighted by atomic mass is 16.5. The number of anilines is 3. The summed E-state index contributed by atoms with van der Waals surface area (Å²) in [5.74, 6) is 1.81. The number of ether oxygens (including phenoxy) is 1. The highest BCUT2D eigenvalue weighted by molar-refractivity contribution is 6.06. The lowest BCUT2D eigenvalue weighted by Crippen LogP contribution is -2.32. The molecule has 0 radical (unpaired) electrons. The lowest BCUT2D eigenvalue weighted by molar-refractivity contribution is 0.436. The first-order valence-electron chi connectivity index (χ1n) is 16.2. The average Bonchev–Trinajstić information content (AvgIpc) is 3.43. The van der Waals surface area contributed by atoms with E-state index in [-0.39, 0.29) is 0 Å². The molecule has 0 N–H and O–H groups in total. The van der Waals surface area contributed by atoms with Crippen LogP contribution >= 0.6 is 0 Å². The molecule has 47 heavy (non-hydrogen) atoms. The molecule has 8 aromatic rings. The zero-order valence-corrected chi connectivity index (χ0v) is 25.6. The Bertz CT molecular complexity index is 2460.